The average Bonchev–Trinajstić information content (AvgIpc) is 2.47. The van der Waals surface area contributed by atoms with Gasteiger partial charge in [-0.05, 0) is 19.3 Å². The smallest absolute Gasteiger partial charge is 0.320 e. The van der Waals surface area contributed by atoms with Crippen molar-refractivity contribution < 1.29 is 19.6 Å². The van der Waals surface area contributed by atoms with Crippen molar-refractivity contribution in [1.82, 2.24) is 0 Å². The second-order valence-electron chi connectivity index (χ2n) is 5.01. The number of hydrogen-bond donors (Lipinski definition) is 3. The summed E-state index contributed by atoms with van der Waals surface area (Å²) in [6, 6.07) is 4.23. The Bertz CT molecular complexity index is 561. The molecule has 0 aliphatic carbocycles. The highest BCUT2D eigenvalue weighted by Gasteiger charge is 2.20. The molecular weight excluding hydrogens is 290 g/mol. The van der Waals surface area contributed by atoms with Crippen LogP contribution in [0.4, 0.5) is 5.69 Å². The molecule has 8 heteroatoms. The molecule has 5 N–H and O–H groups in total. The first-order valence-electron chi connectivity index (χ1n) is 6.82. The van der Waals surface area contributed by atoms with E-state index in [1.54, 1.807) is 6.07 Å². The molecule has 0 radical (unpaired) electrons. The molecule has 0 saturated heterocycles. The van der Waals surface area contributed by atoms with Gasteiger partial charge >= 0.3 is 5.97 Å². The molecule has 0 aromatic heterocycles. The molecule has 0 heterocycles. The lowest BCUT2D eigenvalue weighted by molar-refractivity contribution is -0.385. The number of benzene rings is 1. The molecule has 1 aromatic rings. The molecule has 2 atom stereocenters. The van der Waals surface area contributed by atoms with Gasteiger partial charge in [-0.15, -0.1) is 0 Å². The third-order valence-electron chi connectivity index (χ3n) is 3.31. The van der Waals surface area contributed by atoms with Crippen LogP contribution in [0, 0.1) is 10.1 Å². The van der Waals surface area contributed by atoms with Crippen molar-refractivity contribution in [2.24, 2.45) is 11.5 Å². The van der Waals surface area contributed by atoms with Gasteiger partial charge < -0.3 is 16.6 Å². The number of rotatable bonds is 9. The Kier molecular flexibility index (Phi) is 6.61. The molecule has 22 heavy (non-hydrogen) atoms. The van der Waals surface area contributed by atoms with Gasteiger partial charge in [0.25, 0.3) is 5.69 Å². The van der Waals surface area contributed by atoms with Crippen LogP contribution in [-0.4, -0.2) is 33.9 Å². The Balaban J connectivity index is 2.55. The summed E-state index contributed by atoms with van der Waals surface area (Å²) in [6.07, 6.45) is 0.794. The number of carbonyl (C=O) groups excluding carboxylic acids is 1. The summed E-state index contributed by atoms with van der Waals surface area (Å²) in [5.74, 6) is -1.42. The largest absolute Gasteiger partial charge is 0.480 e. The maximum atomic E-state index is 12.0. The molecule has 0 spiro atoms. The second-order valence-corrected chi connectivity index (χ2v) is 5.01. The van der Waals surface area contributed by atoms with Gasteiger partial charge in [0, 0.05) is 18.1 Å². The summed E-state index contributed by atoms with van der Waals surface area (Å²) in [6.45, 7) is 0. The first-order valence-corrected chi connectivity index (χ1v) is 6.82. The topological polar surface area (TPSA) is 150 Å². The van der Waals surface area contributed by atoms with E-state index in [1.807, 2.05) is 0 Å². The van der Waals surface area contributed by atoms with Gasteiger partial charge in [0.15, 0.2) is 5.78 Å². The quantitative estimate of drug-likeness (QED) is 0.447. The van der Waals surface area contributed by atoms with Crippen LogP contribution in [-0.2, 0) is 16.0 Å². The van der Waals surface area contributed by atoms with Gasteiger partial charge in [0.05, 0.1) is 11.0 Å². The number of nitro benzene ring substituents is 1. The molecule has 1 rings (SSSR count). The zero-order valence-electron chi connectivity index (χ0n) is 12.0. The number of carboxylic acids is 1. The molecule has 0 aliphatic rings. The zero-order chi connectivity index (χ0) is 16.7. The van der Waals surface area contributed by atoms with E-state index in [-0.39, 0.29) is 24.3 Å². The third-order valence-corrected chi connectivity index (χ3v) is 3.31. The Labute approximate surface area is 127 Å². The number of aliphatic carboxylic acids is 1. The van der Waals surface area contributed by atoms with Crippen molar-refractivity contribution in [2.75, 3.05) is 0 Å². The highest BCUT2D eigenvalue weighted by molar-refractivity contribution is 5.86. The molecule has 1 aromatic carbocycles. The van der Waals surface area contributed by atoms with Gasteiger partial charge in [-0.3, -0.25) is 19.7 Å². The predicted octanol–water partition coefficient (Wildman–Crippen LogP) is 0.616. The normalized spacial score (nSPS) is 13.4. The molecule has 0 amide bonds. The van der Waals surface area contributed by atoms with Gasteiger partial charge in [0.2, 0.25) is 0 Å². The van der Waals surface area contributed by atoms with E-state index in [4.69, 9.17) is 16.6 Å². The van der Waals surface area contributed by atoms with Crippen molar-refractivity contribution in [3.8, 4) is 0 Å². The van der Waals surface area contributed by atoms with Crippen LogP contribution in [0.5, 0.6) is 0 Å². The minimum Gasteiger partial charge on any atom is -0.480 e. The minimum absolute atomic E-state index is 0.115. The van der Waals surface area contributed by atoms with Crippen molar-refractivity contribution in [2.45, 2.75) is 37.8 Å². The van der Waals surface area contributed by atoms with Gasteiger partial charge in [-0.1, -0.05) is 18.2 Å². The average molecular weight is 309 g/mol. The van der Waals surface area contributed by atoms with E-state index >= 15 is 0 Å². The number of nitrogens with two attached hydrogens (primary N) is 2. The lowest BCUT2D eigenvalue weighted by Gasteiger charge is -2.12. The van der Waals surface area contributed by atoms with Crippen LogP contribution in [0.15, 0.2) is 24.3 Å². The van der Waals surface area contributed by atoms with Gasteiger partial charge in [-0.2, -0.15) is 0 Å². The first kappa shape index (κ1) is 17.7. The van der Waals surface area contributed by atoms with Crippen LogP contribution >= 0.6 is 0 Å². The second kappa shape index (κ2) is 8.20. The molecular formula is C14H19N3O5. The number of ketones is 1. The van der Waals surface area contributed by atoms with E-state index in [0.717, 1.165) is 0 Å². The predicted molar refractivity (Wildman–Crippen MR) is 79.2 cm³/mol. The number of nitrogens with zero attached hydrogens (tertiary/aromatic N) is 1. The van der Waals surface area contributed by atoms with Crippen LogP contribution in [0.1, 0.15) is 24.8 Å². The first-order chi connectivity index (χ1) is 10.3. The number of Topliss-reactive ketones (excluding diaryl/α,β-unsaturated/α-hetero) is 1. The van der Waals surface area contributed by atoms with Crippen LogP contribution in [0.25, 0.3) is 0 Å². The zero-order valence-corrected chi connectivity index (χ0v) is 12.0. The molecule has 0 saturated carbocycles. The van der Waals surface area contributed by atoms with E-state index in [1.165, 1.54) is 18.2 Å². The fourth-order valence-electron chi connectivity index (χ4n) is 2.00. The molecule has 0 fully saturated rings. The number of carboxylic acid groups (broad SMARTS) is 1. The van der Waals surface area contributed by atoms with E-state index in [2.05, 4.69) is 0 Å². The minimum atomic E-state index is -1.10. The fraction of sp³-hybridized carbons (Fsp3) is 0.429. The molecule has 120 valence electrons. The molecule has 1 unspecified atom stereocenters. The van der Waals surface area contributed by atoms with Crippen molar-refractivity contribution >= 4 is 17.4 Å². The summed E-state index contributed by atoms with van der Waals surface area (Å²) in [7, 11) is 0. The van der Waals surface area contributed by atoms with Crippen molar-refractivity contribution in [3.63, 3.8) is 0 Å². The van der Waals surface area contributed by atoms with E-state index < -0.39 is 23.0 Å². The standard InChI is InChI=1S/C14H19N3O5/c15-10(5-3-6-11(16)14(19)20)13(18)8-9-4-1-2-7-12(9)17(21)22/h1-2,4,7,10-11H,3,5-6,8,15-16H2,(H,19,20)/t10?,11-/m0/s1. The van der Waals surface area contributed by atoms with E-state index in [0.29, 0.717) is 18.4 Å². The Morgan fingerprint density at radius 3 is 2.36 bits per heavy atom. The Hall–Kier alpha value is -2.32. The van der Waals surface area contributed by atoms with Crippen LogP contribution in [0.3, 0.4) is 0 Å². The number of carbonyl (C=O) groups is 2. The molecule has 0 bridgehead atoms. The lowest BCUT2D eigenvalue weighted by Crippen LogP contribution is -2.34. The summed E-state index contributed by atoms with van der Waals surface area (Å²) in [5.41, 5.74) is 11.3. The fourth-order valence-corrected chi connectivity index (χ4v) is 2.00. The number of para-hydroxylation sites is 1. The highest BCUT2D eigenvalue weighted by atomic mass is 16.6. The lowest BCUT2D eigenvalue weighted by atomic mass is 9.98. The number of nitro groups is 1. The Morgan fingerprint density at radius 1 is 1.18 bits per heavy atom. The SMILES string of the molecule is NC(CCC[C@H](N)C(=O)O)C(=O)Cc1ccccc1[N+](=O)[O-]. The van der Waals surface area contributed by atoms with Gasteiger partial charge in [0.1, 0.15) is 6.04 Å². The van der Waals surface area contributed by atoms with E-state index in [9.17, 15) is 19.7 Å². The summed E-state index contributed by atoms with van der Waals surface area (Å²) in [5, 5.41) is 19.5. The van der Waals surface area contributed by atoms with Crippen LogP contribution < -0.4 is 11.5 Å². The maximum absolute atomic E-state index is 12.0. The Morgan fingerprint density at radius 2 is 1.77 bits per heavy atom. The van der Waals surface area contributed by atoms with Crippen LogP contribution in [0.2, 0.25) is 0 Å². The van der Waals surface area contributed by atoms with Crippen molar-refractivity contribution in [1.29, 1.82) is 0 Å². The maximum Gasteiger partial charge on any atom is 0.320 e. The molecule has 0 aliphatic heterocycles. The van der Waals surface area contributed by atoms with Crippen molar-refractivity contribution in [3.05, 3.63) is 39.9 Å². The summed E-state index contributed by atoms with van der Waals surface area (Å²) < 4.78 is 0. The third kappa shape index (κ3) is 5.23. The summed E-state index contributed by atoms with van der Waals surface area (Å²) >= 11 is 0. The summed E-state index contributed by atoms with van der Waals surface area (Å²) in [4.78, 5) is 32.9. The molecule has 8 nitrogen and oxygen atoms in total. The monoisotopic (exact) mass is 309 g/mol. The number of hydrogen-bond acceptors (Lipinski definition) is 6. The highest BCUT2D eigenvalue weighted by Crippen LogP contribution is 2.19. The van der Waals surface area contributed by atoms with Gasteiger partial charge in [-0.25, -0.2) is 0 Å².